The number of hydrogen-bond donors (Lipinski definition) is 1. The van der Waals surface area contributed by atoms with E-state index < -0.39 is 5.25 Å². The van der Waals surface area contributed by atoms with Gasteiger partial charge in [0, 0.05) is 12.2 Å². The quantitative estimate of drug-likeness (QED) is 0.381. The van der Waals surface area contributed by atoms with Gasteiger partial charge in [0.2, 0.25) is 5.91 Å². The van der Waals surface area contributed by atoms with E-state index >= 15 is 0 Å². The first-order chi connectivity index (χ1) is 14.6. The Labute approximate surface area is 177 Å². The number of amides is 1. The molecule has 2 heterocycles. The van der Waals surface area contributed by atoms with E-state index in [2.05, 4.69) is 15.1 Å². The van der Waals surface area contributed by atoms with Crippen LogP contribution in [0.3, 0.4) is 0 Å². The molecule has 0 radical (unpaired) electrons. The van der Waals surface area contributed by atoms with Gasteiger partial charge in [-0.2, -0.15) is 5.10 Å². The molecule has 1 amide bonds. The molecule has 7 nitrogen and oxygen atoms in total. The van der Waals surface area contributed by atoms with Crippen molar-refractivity contribution in [3.63, 3.8) is 0 Å². The maximum Gasteiger partial charge on any atom is 0.262 e. The molecule has 4 rings (SSSR count). The summed E-state index contributed by atoms with van der Waals surface area (Å²) in [6, 6.07) is 19.0. The fourth-order valence-corrected chi connectivity index (χ4v) is 4.08. The van der Waals surface area contributed by atoms with Gasteiger partial charge in [-0.05, 0) is 38.1 Å². The van der Waals surface area contributed by atoms with Gasteiger partial charge in [0.05, 0.1) is 17.1 Å². The van der Waals surface area contributed by atoms with Crippen LogP contribution >= 0.6 is 11.8 Å². The number of nitrogens with one attached hydrogen (secondary N) is 1. The molecule has 0 bridgehead atoms. The summed E-state index contributed by atoms with van der Waals surface area (Å²) < 4.78 is 1.63. The van der Waals surface area contributed by atoms with E-state index in [0.717, 1.165) is 11.4 Å². The van der Waals surface area contributed by atoms with Crippen LogP contribution in [0.1, 0.15) is 13.8 Å². The van der Waals surface area contributed by atoms with Gasteiger partial charge in [0.15, 0.2) is 10.8 Å². The van der Waals surface area contributed by atoms with Crippen LogP contribution in [0, 0.1) is 0 Å². The molecule has 30 heavy (non-hydrogen) atoms. The smallest absolute Gasteiger partial charge is 0.262 e. The number of para-hydroxylation sites is 2. The van der Waals surface area contributed by atoms with Gasteiger partial charge in [-0.25, -0.2) is 9.67 Å². The van der Waals surface area contributed by atoms with Gasteiger partial charge in [-0.15, -0.1) is 0 Å². The van der Waals surface area contributed by atoms with Crippen LogP contribution < -0.4 is 10.5 Å². The SMILES string of the molecule is CCN(C(=O)C(C)Sc1nc2c(cnn2-c2ccccc2)c(=O)[nH]1)c1ccccc1. The molecular weight excluding hydrogens is 398 g/mol. The van der Waals surface area contributed by atoms with E-state index in [1.54, 1.807) is 9.58 Å². The summed E-state index contributed by atoms with van der Waals surface area (Å²) in [7, 11) is 0. The molecule has 0 aliphatic rings. The molecule has 1 N–H and O–H groups in total. The number of aromatic amines is 1. The molecule has 0 saturated carbocycles. The van der Waals surface area contributed by atoms with E-state index in [1.807, 2.05) is 74.5 Å². The summed E-state index contributed by atoms with van der Waals surface area (Å²) >= 11 is 1.23. The van der Waals surface area contributed by atoms with Crippen LogP contribution in [0.15, 0.2) is 76.8 Å². The van der Waals surface area contributed by atoms with Crippen molar-refractivity contribution in [1.29, 1.82) is 0 Å². The molecule has 1 unspecified atom stereocenters. The van der Waals surface area contributed by atoms with Crippen molar-refractivity contribution < 1.29 is 4.79 Å². The number of benzene rings is 2. The molecule has 8 heteroatoms. The van der Waals surface area contributed by atoms with Gasteiger partial charge in [-0.3, -0.25) is 9.59 Å². The first-order valence-electron chi connectivity index (χ1n) is 9.65. The summed E-state index contributed by atoms with van der Waals surface area (Å²) in [6.07, 6.45) is 1.51. The highest BCUT2D eigenvalue weighted by Crippen LogP contribution is 2.24. The number of carbonyl (C=O) groups excluding carboxylic acids is 1. The number of rotatable bonds is 6. The topological polar surface area (TPSA) is 83.9 Å². The largest absolute Gasteiger partial charge is 0.312 e. The second-order valence-electron chi connectivity index (χ2n) is 6.68. The highest BCUT2D eigenvalue weighted by molar-refractivity contribution is 8.00. The van der Waals surface area contributed by atoms with Crippen molar-refractivity contribution >= 4 is 34.4 Å². The lowest BCUT2D eigenvalue weighted by atomic mass is 10.2. The summed E-state index contributed by atoms with van der Waals surface area (Å²) in [5.74, 6) is -0.0481. The number of fused-ring (bicyclic) bond motifs is 1. The first kappa shape index (κ1) is 19.9. The van der Waals surface area contributed by atoms with Crippen molar-refractivity contribution in [1.82, 2.24) is 19.7 Å². The van der Waals surface area contributed by atoms with Crippen LogP contribution in [0.2, 0.25) is 0 Å². The molecular formula is C22H21N5O2S. The third-order valence-corrected chi connectivity index (χ3v) is 5.68. The molecule has 0 saturated heterocycles. The van der Waals surface area contributed by atoms with Crippen LogP contribution in [-0.4, -0.2) is 37.5 Å². The third kappa shape index (κ3) is 3.86. The van der Waals surface area contributed by atoms with E-state index in [1.165, 1.54) is 18.0 Å². The zero-order valence-electron chi connectivity index (χ0n) is 16.6. The van der Waals surface area contributed by atoms with E-state index in [9.17, 15) is 9.59 Å². The molecule has 2 aromatic carbocycles. The highest BCUT2D eigenvalue weighted by Gasteiger charge is 2.23. The molecule has 0 aliphatic carbocycles. The maximum atomic E-state index is 13.0. The Morgan fingerprint density at radius 2 is 1.80 bits per heavy atom. The van der Waals surface area contributed by atoms with E-state index in [0.29, 0.717) is 22.7 Å². The highest BCUT2D eigenvalue weighted by atomic mass is 32.2. The van der Waals surface area contributed by atoms with Crippen molar-refractivity contribution in [3.8, 4) is 5.69 Å². The van der Waals surface area contributed by atoms with Crippen molar-refractivity contribution in [3.05, 3.63) is 77.2 Å². The predicted octanol–water partition coefficient (Wildman–Crippen LogP) is 3.64. The minimum atomic E-state index is -0.432. The fraction of sp³-hybridized carbons (Fsp3) is 0.182. The third-order valence-electron chi connectivity index (χ3n) is 4.70. The lowest BCUT2D eigenvalue weighted by Crippen LogP contribution is -2.36. The van der Waals surface area contributed by atoms with Crippen molar-refractivity contribution in [2.45, 2.75) is 24.3 Å². The van der Waals surface area contributed by atoms with Gasteiger partial charge in [0.25, 0.3) is 5.56 Å². The van der Waals surface area contributed by atoms with E-state index in [-0.39, 0.29) is 11.5 Å². The van der Waals surface area contributed by atoms with Crippen LogP contribution in [0.4, 0.5) is 5.69 Å². The van der Waals surface area contributed by atoms with Crippen LogP contribution in [-0.2, 0) is 4.79 Å². The van der Waals surface area contributed by atoms with Crippen molar-refractivity contribution in [2.24, 2.45) is 0 Å². The number of anilines is 1. The number of aromatic nitrogens is 4. The monoisotopic (exact) mass is 419 g/mol. The predicted molar refractivity (Wildman–Crippen MR) is 119 cm³/mol. The Kier molecular flexibility index (Phi) is 5.67. The number of thioether (sulfide) groups is 1. The molecule has 1 atom stereocenters. The second-order valence-corrected chi connectivity index (χ2v) is 8.01. The number of hydrogen-bond acceptors (Lipinski definition) is 5. The Morgan fingerprint density at radius 3 is 2.47 bits per heavy atom. The van der Waals surface area contributed by atoms with Crippen molar-refractivity contribution in [2.75, 3.05) is 11.4 Å². The number of H-pyrrole nitrogens is 1. The first-order valence-corrected chi connectivity index (χ1v) is 10.5. The molecule has 0 fully saturated rings. The van der Waals surface area contributed by atoms with Crippen LogP contribution in [0.25, 0.3) is 16.7 Å². The summed E-state index contributed by atoms with van der Waals surface area (Å²) in [5, 5.41) is 4.67. The lowest BCUT2D eigenvalue weighted by Gasteiger charge is -2.24. The Bertz CT molecular complexity index is 1220. The second kappa shape index (κ2) is 8.54. The lowest BCUT2D eigenvalue weighted by molar-refractivity contribution is -0.117. The van der Waals surface area contributed by atoms with Gasteiger partial charge >= 0.3 is 0 Å². The normalized spacial score (nSPS) is 12.1. The maximum absolute atomic E-state index is 13.0. The van der Waals surface area contributed by atoms with E-state index in [4.69, 9.17) is 0 Å². The molecule has 0 spiro atoms. The zero-order chi connectivity index (χ0) is 21.1. The Hall–Kier alpha value is -3.39. The average Bonchev–Trinajstić information content (AvgIpc) is 3.20. The average molecular weight is 420 g/mol. The zero-order valence-corrected chi connectivity index (χ0v) is 17.5. The number of nitrogens with zero attached hydrogens (tertiary/aromatic N) is 4. The van der Waals surface area contributed by atoms with Gasteiger partial charge in [-0.1, -0.05) is 48.2 Å². The Balaban J connectivity index is 1.63. The summed E-state index contributed by atoms with van der Waals surface area (Å²) in [4.78, 5) is 34.7. The molecule has 2 aromatic heterocycles. The minimum Gasteiger partial charge on any atom is -0.312 e. The van der Waals surface area contributed by atoms with Crippen LogP contribution in [0.5, 0.6) is 0 Å². The fourth-order valence-electron chi connectivity index (χ4n) is 3.22. The summed E-state index contributed by atoms with van der Waals surface area (Å²) in [6.45, 7) is 4.31. The van der Waals surface area contributed by atoms with Gasteiger partial charge in [0.1, 0.15) is 5.39 Å². The molecule has 0 aliphatic heterocycles. The standard InChI is InChI=1S/C22H21N5O2S/c1-3-26(16-10-6-4-7-11-16)21(29)15(2)30-22-24-19-18(20(28)25-22)14-23-27(19)17-12-8-5-9-13-17/h4-15H,3H2,1-2H3,(H,24,25,28). The molecule has 4 aromatic rings. The summed E-state index contributed by atoms with van der Waals surface area (Å²) in [5.41, 5.74) is 1.84. The number of carbonyl (C=O) groups is 1. The minimum absolute atomic E-state index is 0.0481. The molecule has 152 valence electrons. The van der Waals surface area contributed by atoms with Gasteiger partial charge < -0.3 is 9.88 Å². The Morgan fingerprint density at radius 1 is 1.13 bits per heavy atom.